The van der Waals surface area contributed by atoms with Gasteiger partial charge in [0.05, 0.1) is 38.8 Å². The molecule has 0 aromatic carbocycles. The number of rotatable bonds is 33. The molecule has 0 aliphatic carbocycles. The highest BCUT2D eigenvalue weighted by Crippen LogP contribution is 2.19. The molecule has 29 heteroatoms. The molecule has 1 fully saturated rings. The monoisotopic (exact) mass is 1060 g/mol. The van der Waals surface area contributed by atoms with Crippen LogP contribution >= 0.6 is 0 Å². The zero-order valence-electron chi connectivity index (χ0n) is 42.8. The number of primary amides is 1. The van der Waals surface area contributed by atoms with Crippen LogP contribution in [0.25, 0.3) is 0 Å². The van der Waals surface area contributed by atoms with Crippen LogP contribution in [0.3, 0.4) is 0 Å². The molecule has 1 aliphatic rings. The van der Waals surface area contributed by atoms with Crippen LogP contribution in [0, 0.1) is 17.8 Å². The molecular weight excluding hydrogens is 981 g/mol. The average Bonchev–Trinajstić information content (AvgIpc) is 3.82. The van der Waals surface area contributed by atoms with E-state index < -0.39 is 183 Å². The molecule has 0 spiro atoms. The third kappa shape index (κ3) is 22.8. The number of carboxylic acid groups (broad SMARTS) is 2. The van der Waals surface area contributed by atoms with Crippen molar-refractivity contribution in [2.75, 3.05) is 32.8 Å². The fraction of sp³-hybridized carbons (Fsp3) is 0.711. The highest BCUT2D eigenvalue weighted by Gasteiger charge is 2.39. The normalized spacial score (nSPS) is 16.8. The number of hydrogen-bond donors (Lipinski definition) is 15. The van der Waals surface area contributed by atoms with Gasteiger partial charge in [0.1, 0.15) is 48.3 Å². The van der Waals surface area contributed by atoms with E-state index in [0.717, 1.165) is 4.90 Å². The van der Waals surface area contributed by atoms with Crippen LogP contribution in [-0.4, -0.2) is 189 Å². The fourth-order valence-electron chi connectivity index (χ4n) is 7.36. The maximum absolute atomic E-state index is 13.7. The van der Waals surface area contributed by atoms with E-state index in [1.165, 1.54) is 6.92 Å². The van der Waals surface area contributed by atoms with Crippen LogP contribution in [-0.2, 0) is 62.3 Å². The molecule has 17 N–H and O–H groups in total. The van der Waals surface area contributed by atoms with Gasteiger partial charge in [-0.2, -0.15) is 0 Å². The maximum Gasteiger partial charge on any atom is 0.328 e. The Bertz CT molecular complexity index is 2020. The molecule has 74 heavy (non-hydrogen) atoms. The van der Waals surface area contributed by atoms with Gasteiger partial charge < -0.3 is 84.6 Å². The molecule has 10 atom stereocenters. The lowest BCUT2D eigenvalue weighted by molar-refractivity contribution is -0.143. The Morgan fingerprint density at radius 1 is 0.595 bits per heavy atom. The molecule has 11 amide bonds. The topological polar surface area (TPSA) is 466 Å². The van der Waals surface area contributed by atoms with Gasteiger partial charge in [0.15, 0.2) is 0 Å². The van der Waals surface area contributed by atoms with Crippen LogP contribution in [0.5, 0.6) is 0 Å². The summed E-state index contributed by atoms with van der Waals surface area (Å²) in [5.41, 5.74) is 11.0. The molecule has 0 bridgehead atoms. The van der Waals surface area contributed by atoms with Gasteiger partial charge in [-0.1, -0.05) is 48.0 Å². The Kier molecular flexibility index (Phi) is 28.3. The molecule has 29 nitrogen and oxygen atoms in total. The number of amides is 11. The largest absolute Gasteiger partial charge is 0.481 e. The van der Waals surface area contributed by atoms with E-state index in [4.69, 9.17) is 11.5 Å². The summed E-state index contributed by atoms with van der Waals surface area (Å²) >= 11 is 0. The minimum Gasteiger partial charge on any atom is -0.481 e. The zero-order chi connectivity index (χ0) is 56.6. The second-order valence-electron chi connectivity index (χ2n) is 18.8. The van der Waals surface area contributed by atoms with Crippen LogP contribution in [0.1, 0.15) is 99.8 Å². The summed E-state index contributed by atoms with van der Waals surface area (Å²) in [5, 5.41) is 59.1. The van der Waals surface area contributed by atoms with Crippen LogP contribution in [0.4, 0.5) is 0 Å². The molecule has 1 aliphatic heterocycles. The van der Waals surface area contributed by atoms with Crippen molar-refractivity contribution < 1.29 is 82.8 Å². The minimum atomic E-state index is -1.70. The Morgan fingerprint density at radius 2 is 1.08 bits per heavy atom. The van der Waals surface area contributed by atoms with E-state index in [9.17, 15) is 82.8 Å². The van der Waals surface area contributed by atoms with Gasteiger partial charge in [-0.05, 0) is 56.8 Å². The molecule has 0 radical (unpaired) electrons. The molecule has 1 heterocycles. The van der Waals surface area contributed by atoms with Crippen LogP contribution in [0.15, 0.2) is 0 Å². The van der Waals surface area contributed by atoms with Crippen LogP contribution < -0.4 is 59.3 Å². The summed E-state index contributed by atoms with van der Waals surface area (Å²) in [6.45, 7) is 8.16. The van der Waals surface area contributed by atoms with Crippen molar-refractivity contribution in [3.05, 3.63) is 0 Å². The van der Waals surface area contributed by atoms with Gasteiger partial charge in [0.25, 0.3) is 0 Å². The Balaban J connectivity index is 3.10. The van der Waals surface area contributed by atoms with E-state index in [1.807, 2.05) is 0 Å². The number of hydrogen-bond acceptors (Lipinski definition) is 16. The number of aliphatic hydroxyl groups excluding tert-OH is 2. The second kappa shape index (κ2) is 32.2. The summed E-state index contributed by atoms with van der Waals surface area (Å²) in [6, 6.07) is -12.6. The summed E-state index contributed by atoms with van der Waals surface area (Å²) < 4.78 is 0. The SMILES string of the molecule is CC[C@H](C)[C@H](NC(=O)CNC(=O)[C@@H]1CCCN1C(=O)[C@H](CO)NC(=O)[C@H](CC(N)=O)NC(=O)[C@H](CC(C)C)NC(=O)[C@H](C)N)C(=O)N[C@@H](CCC(=O)O)C(=O)NCC(=O)N[C@@H](CC(C)C)C(=O)N[C@@H](CO)C(=O)O. The molecule has 0 unspecified atom stereocenters. The number of aliphatic carboxylic acids is 2. The first-order valence-electron chi connectivity index (χ1n) is 24.2. The first-order chi connectivity index (χ1) is 34.6. The van der Waals surface area contributed by atoms with Crippen molar-refractivity contribution in [1.29, 1.82) is 0 Å². The molecule has 0 saturated carbocycles. The summed E-state index contributed by atoms with van der Waals surface area (Å²) in [5.74, 6) is -13.9. The lowest BCUT2D eigenvalue weighted by Gasteiger charge is -2.29. The lowest BCUT2D eigenvalue weighted by atomic mass is 9.97. The Labute approximate surface area is 427 Å². The Hall–Kier alpha value is -7.01. The van der Waals surface area contributed by atoms with E-state index in [2.05, 4.69) is 47.9 Å². The first-order valence-corrected chi connectivity index (χ1v) is 24.2. The van der Waals surface area contributed by atoms with Gasteiger partial charge >= 0.3 is 11.9 Å². The molecule has 0 aromatic rings. The maximum atomic E-state index is 13.7. The minimum absolute atomic E-state index is 0.0269. The average molecular weight is 1060 g/mol. The highest BCUT2D eigenvalue weighted by molar-refractivity contribution is 5.99. The summed E-state index contributed by atoms with van der Waals surface area (Å²) in [4.78, 5) is 168. The lowest BCUT2D eigenvalue weighted by Crippen LogP contribution is -2.60. The molecule has 1 saturated heterocycles. The van der Waals surface area contributed by atoms with Gasteiger partial charge in [-0.25, -0.2) is 4.79 Å². The van der Waals surface area contributed by atoms with Gasteiger partial charge in [-0.15, -0.1) is 0 Å². The van der Waals surface area contributed by atoms with Crippen molar-refractivity contribution in [3.63, 3.8) is 0 Å². The van der Waals surface area contributed by atoms with E-state index in [0.29, 0.717) is 0 Å². The van der Waals surface area contributed by atoms with Crippen molar-refractivity contribution in [1.82, 2.24) is 52.8 Å². The van der Waals surface area contributed by atoms with Gasteiger partial charge in [0, 0.05) is 13.0 Å². The second-order valence-corrected chi connectivity index (χ2v) is 18.8. The quantitative estimate of drug-likeness (QED) is 0.0291. The molecule has 0 aromatic heterocycles. The van der Waals surface area contributed by atoms with Crippen LogP contribution in [0.2, 0.25) is 0 Å². The smallest absolute Gasteiger partial charge is 0.328 e. The number of carbonyl (C=O) groups is 13. The molecular formula is C45H76N12O17. The van der Waals surface area contributed by atoms with Crippen molar-refractivity contribution in [3.8, 4) is 0 Å². The molecule has 418 valence electrons. The number of likely N-dealkylation sites (tertiary alicyclic amines) is 1. The number of nitrogens with zero attached hydrogens (tertiary/aromatic N) is 1. The number of carboxylic acids is 2. The van der Waals surface area contributed by atoms with E-state index in [1.54, 1.807) is 41.5 Å². The zero-order valence-corrected chi connectivity index (χ0v) is 42.8. The van der Waals surface area contributed by atoms with Crippen molar-refractivity contribution >= 4 is 76.9 Å². The summed E-state index contributed by atoms with van der Waals surface area (Å²) in [6.07, 6.45) is -1.04. The number of aliphatic hydroxyl groups is 2. The molecule has 1 rings (SSSR count). The first kappa shape index (κ1) is 65.0. The van der Waals surface area contributed by atoms with E-state index >= 15 is 0 Å². The summed E-state index contributed by atoms with van der Waals surface area (Å²) in [7, 11) is 0. The number of carbonyl (C=O) groups excluding carboxylic acids is 11. The third-order valence-electron chi connectivity index (χ3n) is 11.5. The van der Waals surface area contributed by atoms with Gasteiger partial charge in [-0.3, -0.25) is 57.5 Å². The predicted octanol–water partition coefficient (Wildman–Crippen LogP) is -6.10. The van der Waals surface area contributed by atoms with E-state index in [-0.39, 0.29) is 50.5 Å². The van der Waals surface area contributed by atoms with Crippen molar-refractivity contribution in [2.24, 2.45) is 29.2 Å². The highest BCUT2D eigenvalue weighted by atomic mass is 16.4. The fourth-order valence-corrected chi connectivity index (χ4v) is 7.36. The number of nitrogens with one attached hydrogen (secondary N) is 9. The third-order valence-corrected chi connectivity index (χ3v) is 11.5. The van der Waals surface area contributed by atoms with Gasteiger partial charge in [0.2, 0.25) is 65.0 Å². The Morgan fingerprint density at radius 3 is 1.58 bits per heavy atom. The van der Waals surface area contributed by atoms with Crippen molar-refractivity contribution in [2.45, 2.75) is 154 Å². The predicted molar refractivity (Wildman–Crippen MR) is 259 cm³/mol. The number of nitrogens with two attached hydrogens (primary N) is 2. The standard InChI is InChI=1S/C45H76N12O17/c1-8-23(6)36(43(71)51-25(11-12-35(63)64)38(66)48-17-33(61)50-26(14-21(2)3)39(67)55-30(20-59)45(73)74)56-34(62)18-49-42(70)31-10-9-13-57(31)44(72)29(19-58)54-41(69)28(16-32(47)60)53-40(68)27(15-22(4)5)52-37(65)24(7)46/h21-31,36,58-59H,8-20,46H2,1-7H3,(H2,47,60)(H,48,66)(H,49,70)(H,50,61)(H,51,71)(H,52,65)(H,53,68)(H,54,69)(H,55,67)(H,56,62)(H,63,64)(H,73,74)/t23-,24-,25-,26-,27-,28-,29-,30-,31-,36-/m0/s1.